The molecular weight excluding hydrogens is 268 g/mol. The number of benzene rings is 1. The van der Waals surface area contributed by atoms with Crippen molar-refractivity contribution in [2.45, 2.75) is 32.7 Å². The highest BCUT2D eigenvalue weighted by Gasteiger charge is 2.23. The highest BCUT2D eigenvalue weighted by molar-refractivity contribution is 5.68. The molecule has 0 bridgehead atoms. The Morgan fingerprint density at radius 1 is 1.38 bits per heavy atom. The average Bonchev–Trinajstić information content (AvgIpc) is 2.67. The van der Waals surface area contributed by atoms with Gasteiger partial charge in [-0.3, -0.25) is 0 Å². The third-order valence-corrected chi connectivity index (χ3v) is 4.02. The number of amides is 1. The number of anilines is 1. The lowest BCUT2D eigenvalue weighted by atomic mass is 10.0. The predicted octanol–water partition coefficient (Wildman–Crippen LogP) is 2.44. The molecule has 5 nitrogen and oxygen atoms in total. The average molecular weight is 290 g/mol. The van der Waals surface area contributed by atoms with Crippen LogP contribution in [0.2, 0.25) is 0 Å². The van der Waals surface area contributed by atoms with Crippen molar-refractivity contribution in [3.63, 3.8) is 0 Å². The van der Waals surface area contributed by atoms with Crippen LogP contribution in [0, 0.1) is 0 Å². The van der Waals surface area contributed by atoms with E-state index in [1.807, 2.05) is 6.92 Å². The quantitative estimate of drug-likeness (QED) is 0.863. The first-order valence-electron chi connectivity index (χ1n) is 7.64. The van der Waals surface area contributed by atoms with Gasteiger partial charge < -0.3 is 19.7 Å². The van der Waals surface area contributed by atoms with E-state index in [2.05, 4.69) is 24.4 Å². The van der Waals surface area contributed by atoms with E-state index in [-0.39, 0.29) is 6.09 Å². The zero-order valence-corrected chi connectivity index (χ0v) is 12.6. The Labute approximate surface area is 125 Å². The molecule has 0 saturated carbocycles. The molecule has 2 heterocycles. The Hall–Kier alpha value is -1.91. The fourth-order valence-corrected chi connectivity index (χ4v) is 2.91. The number of hydrogen-bond acceptors (Lipinski definition) is 4. The Kier molecular flexibility index (Phi) is 3.90. The Morgan fingerprint density at radius 3 is 2.81 bits per heavy atom. The van der Waals surface area contributed by atoms with Gasteiger partial charge in [0.2, 0.25) is 0 Å². The third kappa shape index (κ3) is 2.91. The van der Waals surface area contributed by atoms with Gasteiger partial charge in [0.15, 0.2) is 0 Å². The summed E-state index contributed by atoms with van der Waals surface area (Å²) < 4.78 is 10.9. The predicted molar refractivity (Wildman–Crippen MR) is 81.0 cm³/mol. The van der Waals surface area contributed by atoms with E-state index in [0.29, 0.717) is 32.3 Å². The molecule has 1 aromatic rings. The number of rotatable bonds is 1. The lowest BCUT2D eigenvalue weighted by Crippen LogP contribution is -2.33. The minimum Gasteiger partial charge on any atom is -0.489 e. The van der Waals surface area contributed by atoms with Gasteiger partial charge in [-0.25, -0.2) is 4.79 Å². The van der Waals surface area contributed by atoms with Gasteiger partial charge in [-0.05, 0) is 49.9 Å². The number of hydrogen-bond donors (Lipinski definition) is 1. The normalized spacial score (nSPS) is 20.5. The van der Waals surface area contributed by atoms with Crippen LogP contribution in [0.25, 0.3) is 0 Å². The summed E-state index contributed by atoms with van der Waals surface area (Å²) in [7, 11) is 0. The molecule has 0 spiro atoms. The molecule has 1 atom stereocenters. The number of ether oxygens (including phenoxy) is 2. The van der Waals surface area contributed by atoms with Gasteiger partial charge in [0, 0.05) is 13.1 Å². The number of fused-ring (bicyclic) bond motifs is 2. The van der Waals surface area contributed by atoms with Crippen LogP contribution in [0.4, 0.5) is 10.5 Å². The monoisotopic (exact) mass is 290 g/mol. The van der Waals surface area contributed by atoms with Gasteiger partial charge in [0.25, 0.3) is 0 Å². The van der Waals surface area contributed by atoms with E-state index in [1.165, 1.54) is 11.1 Å². The van der Waals surface area contributed by atoms with Crippen LogP contribution in [0.15, 0.2) is 12.1 Å². The largest absolute Gasteiger partial charge is 0.489 e. The van der Waals surface area contributed by atoms with Crippen molar-refractivity contribution in [3.8, 4) is 5.75 Å². The van der Waals surface area contributed by atoms with Crippen molar-refractivity contribution in [1.29, 1.82) is 0 Å². The molecule has 114 valence electrons. The van der Waals surface area contributed by atoms with Gasteiger partial charge in [-0.1, -0.05) is 0 Å². The molecule has 21 heavy (non-hydrogen) atoms. The van der Waals surface area contributed by atoms with E-state index >= 15 is 0 Å². The van der Waals surface area contributed by atoms with Crippen molar-refractivity contribution in [3.05, 3.63) is 23.3 Å². The molecule has 5 heteroatoms. The van der Waals surface area contributed by atoms with Crippen LogP contribution < -0.4 is 10.1 Å². The smallest absolute Gasteiger partial charge is 0.409 e. The van der Waals surface area contributed by atoms with E-state index < -0.39 is 0 Å². The molecule has 0 radical (unpaired) electrons. The van der Waals surface area contributed by atoms with Gasteiger partial charge in [0.1, 0.15) is 12.4 Å². The lowest BCUT2D eigenvalue weighted by molar-refractivity contribution is 0.109. The maximum absolute atomic E-state index is 11.9. The van der Waals surface area contributed by atoms with Crippen molar-refractivity contribution in [2.24, 2.45) is 0 Å². The number of nitrogens with one attached hydrogen (secondary N) is 1. The number of carbonyl (C=O) groups is 1. The summed E-state index contributed by atoms with van der Waals surface area (Å²) in [4.78, 5) is 13.7. The van der Waals surface area contributed by atoms with E-state index in [0.717, 1.165) is 24.3 Å². The standard InChI is InChI=1S/C16H22N2O3/c1-3-20-16(19)18-6-4-12-8-14-15(9-13(12)5-7-18)21-10-11(2)17-14/h8-9,11,17H,3-7,10H2,1-2H3/t11-/m1/s1. The van der Waals surface area contributed by atoms with Gasteiger partial charge in [0.05, 0.1) is 18.3 Å². The lowest BCUT2D eigenvalue weighted by Gasteiger charge is -2.26. The molecule has 0 aliphatic carbocycles. The molecule has 0 unspecified atom stereocenters. The Morgan fingerprint density at radius 2 is 2.10 bits per heavy atom. The molecule has 0 fully saturated rings. The summed E-state index contributed by atoms with van der Waals surface area (Å²) in [6.07, 6.45) is 1.50. The summed E-state index contributed by atoms with van der Waals surface area (Å²) in [5, 5.41) is 3.45. The molecule has 1 N–H and O–H groups in total. The van der Waals surface area contributed by atoms with Crippen molar-refractivity contribution in [1.82, 2.24) is 4.90 Å². The molecular formula is C16H22N2O3. The fraction of sp³-hybridized carbons (Fsp3) is 0.562. The Bertz CT molecular complexity index is 545. The second kappa shape index (κ2) is 5.84. The number of nitrogens with zero attached hydrogens (tertiary/aromatic N) is 1. The zero-order valence-electron chi connectivity index (χ0n) is 12.6. The van der Waals surface area contributed by atoms with Crippen LogP contribution in [-0.4, -0.2) is 43.3 Å². The Balaban J connectivity index is 1.78. The van der Waals surface area contributed by atoms with Crippen LogP contribution in [0.5, 0.6) is 5.75 Å². The summed E-state index contributed by atoms with van der Waals surface area (Å²) in [5.41, 5.74) is 3.64. The van der Waals surface area contributed by atoms with Gasteiger partial charge in [-0.15, -0.1) is 0 Å². The molecule has 2 aliphatic heterocycles. The van der Waals surface area contributed by atoms with Crippen LogP contribution in [0.1, 0.15) is 25.0 Å². The first-order valence-corrected chi connectivity index (χ1v) is 7.64. The first kappa shape index (κ1) is 14.0. The molecule has 0 saturated heterocycles. The summed E-state index contributed by atoms with van der Waals surface area (Å²) in [6.45, 7) is 6.47. The number of carbonyl (C=O) groups excluding carboxylic acids is 1. The van der Waals surface area contributed by atoms with Gasteiger partial charge >= 0.3 is 6.09 Å². The second-order valence-electron chi connectivity index (χ2n) is 5.66. The van der Waals surface area contributed by atoms with Crippen molar-refractivity contribution in [2.75, 3.05) is 31.6 Å². The van der Waals surface area contributed by atoms with E-state index in [4.69, 9.17) is 9.47 Å². The molecule has 1 amide bonds. The highest BCUT2D eigenvalue weighted by atomic mass is 16.6. The maximum atomic E-state index is 11.9. The molecule has 0 aromatic heterocycles. The maximum Gasteiger partial charge on any atom is 0.409 e. The highest BCUT2D eigenvalue weighted by Crippen LogP contribution is 2.33. The van der Waals surface area contributed by atoms with Crippen molar-refractivity contribution < 1.29 is 14.3 Å². The third-order valence-electron chi connectivity index (χ3n) is 4.02. The summed E-state index contributed by atoms with van der Waals surface area (Å²) in [6, 6.07) is 4.63. The minimum absolute atomic E-state index is 0.210. The van der Waals surface area contributed by atoms with Gasteiger partial charge in [-0.2, -0.15) is 0 Å². The molecule has 1 aromatic carbocycles. The van der Waals surface area contributed by atoms with E-state index in [9.17, 15) is 4.79 Å². The van der Waals surface area contributed by atoms with Crippen LogP contribution >= 0.6 is 0 Å². The second-order valence-corrected chi connectivity index (χ2v) is 5.66. The van der Waals surface area contributed by atoms with E-state index in [1.54, 1.807) is 4.90 Å². The SMILES string of the molecule is CCOC(=O)N1CCc2cc3c(cc2CC1)OC[C@@H](C)N3. The van der Waals surface area contributed by atoms with Crippen LogP contribution in [-0.2, 0) is 17.6 Å². The fourth-order valence-electron chi connectivity index (χ4n) is 2.91. The zero-order chi connectivity index (χ0) is 14.8. The first-order chi connectivity index (χ1) is 10.2. The summed E-state index contributed by atoms with van der Waals surface area (Å²) in [5.74, 6) is 0.927. The van der Waals surface area contributed by atoms with Crippen molar-refractivity contribution >= 4 is 11.8 Å². The van der Waals surface area contributed by atoms with Crippen LogP contribution in [0.3, 0.4) is 0 Å². The minimum atomic E-state index is -0.210. The summed E-state index contributed by atoms with van der Waals surface area (Å²) >= 11 is 0. The molecule has 2 aliphatic rings. The molecule has 3 rings (SSSR count). The topological polar surface area (TPSA) is 50.8 Å².